The quantitative estimate of drug-likeness (QED) is 0.612. The summed E-state index contributed by atoms with van der Waals surface area (Å²) in [6.07, 6.45) is 5.71. The summed E-state index contributed by atoms with van der Waals surface area (Å²) < 4.78 is 0. The predicted octanol–water partition coefficient (Wildman–Crippen LogP) is 1.05. The minimum Gasteiger partial charge on any atom is -0.481 e. The lowest BCUT2D eigenvalue weighted by Gasteiger charge is -2.25. The molecule has 0 atom stereocenters. The zero-order valence-electron chi connectivity index (χ0n) is 12.3. The van der Waals surface area contributed by atoms with Crippen molar-refractivity contribution in [2.24, 2.45) is 11.8 Å². The Hall–Kier alpha value is -1.59. The molecule has 21 heavy (non-hydrogen) atoms. The number of carbonyl (C=O) groups excluding carboxylic acids is 2. The van der Waals surface area contributed by atoms with E-state index in [-0.39, 0.29) is 23.7 Å². The molecule has 2 fully saturated rings. The second-order valence-electron chi connectivity index (χ2n) is 6.12. The fourth-order valence-electron chi connectivity index (χ4n) is 2.73. The van der Waals surface area contributed by atoms with Gasteiger partial charge in [-0.05, 0) is 44.9 Å². The maximum Gasteiger partial charge on any atom is 0.306 e. The molecule has 0 heterocycles. The second-order valence-corrected chi connectivity index (χ2v) is 6.12. The molecule has 2 aliphatic carbocycles. The van der Waals surface area contributed by atoms with Gasteiger partial charge in [0, 0.05) is 24.9 Å². The van der Waals surface area contributed by atoms with E-state index in [1.165, 1.54) is 0 Å². The van der Waals surface area contributed by atoms with Crippen LogP contribution < -0.4 is 10.6 Å². The molecule has 0 bridgehead atoms. The minimum atomic E-state index is -0.754. The first-order valence-corrected chi connectivity index (χ1v) is 7.86. The molecule has 2 aliphatic rings. The molecule has 0 aromatic rings. The van der Waals surface area contributed by atoms with Crippen LogP contribution in [0.1, 0.15) is 51.4 Å². The van der Waals surface area contributed by atoms with Crippen molar-refractivity contribution in [3.63, 3.8) is 0 Å². The van der Waals surface area contributed by atoms with E-state index in [0.29, 0.717) is 51.1 Å². The molecule has 0 spiro atoms. The van der Waals surface area contributed by atoms with Gasteiger partial charge >= 0.3 is 5.97 Å². The van der Waals surface area contributed by atoms with Crippen molar-refractivity contribution in [3.8, 4) is 0 Å². The molecule has 2 rings (SSSR count). The average Bonchev–Trinajstić information content (AvgIpc) is 3.27. The van der Waals surface area contributed by atoms with Crippen molar-refractivity contribution >= 4 is 17.8 Å². The van der Waals surface area contributed by atoms with E-state index in [1.54, 1.807) is 0 Å². The summed E-state index contributed by atoms with van der Waals surface area (Å²) >= 11 is 0. The Morgan fingerprint density at radius 3 is 2.14 bits per heavy atom. The van der Waals surface area contributed by atoms with Crippen LogP contribution in [0.2, 0.25) is 0 Å². The molecule has 2 amide bonds. The Labute approximate surface area is 124 Å². The average molecular weight is 296 g/mol. The van der Waals surface area contributed by atoms with Crippen molar-refractivity contribution in [2.75, 3.05) is 6.54 Å². The molecular weight excluding hydrogens is 272 g/mol. The van der Waals surface area contributed by atoms with E-state index in [1.807, 2.05) is 0 Å². The van der Waals surface area contributed by atoms with Gasteiger partial charge in [0.05, 0.1) is 5.92 Å². The number of hydrogen-bond acceptors (Lipinski definition) is 3. The molecule has 0 radical (unpaired) electrons. The number of hydrogen-bond donors (Lipinski definition) is 3. The molecule has 0 unspecified atom stereocenters. The second kappa shape index (κ2) is 7.43. The summed E-state index contributed by atoms with van der Waals surface area (Å²) in [6.45, 7) is 0.510. The third kappa shape index (κ3) is 5.36. The molecule has 0 aliphatic heterocycles. The van der Waals surface area contributed by atoms with E-state index in [2.05, 4.69) is 10.6 Å². The van der Waals surface area contributed by atoms with Gasteiger partial charge in [-0.3, -0.25) is 14.4 Å². The zero-order valence-corrected chi connectivity index (χ0v) is 12.3. The first kappa shape index (κ1) is 15.8. The summed E-state index contributed by atoms with van der Waals surface area (Å²) in [6, 6.07) is 0.386. The maximum absolute atomic E-state index is 11.9. The number of nitrogens with one attached hydrogen (secondary N) is 2. The monoisotopic (exact) mass is 296 g/mol. The number of aliphatic carboxylic acids is 1. The SMILES string of the molecule is O=C(CCCNC(=O)C1CCC(C(=O)O)CC1)NC1CC1. The Morgan fingerprint density at radius 2 is 1.57 bits per heavy atom. The van der Waals surface area contributed by atoms with Gasteiger partial charge < -0.3 is 15.7 Å². The van der Waals surface area contributed by atoms with Crippen LogP contribution in [0.5, 0.6) is 0 Å². The van der Waals surface area contributed by atoms with Gasteiger partial charge in [0.2, 0.25) is 11.8 Å². The Balaban J connectivity index is 1.55. The third-order valence-corrected chi connectivity index (χ3v) is 4.27. The van der Waals surface area contributed by atoms with E-state index in [4.69, 9.17) is 5.11 Å². The first-order valence-electron chi connectivity index (χ1n) is 7.86. The smallest absolute Gasteiger partial charge is 0.306 e. The lowest BCUT2D eigenvalue weighted by atomic mass is 9.81. The number of rotatable bonds is 7. The highest BCUT2D eigenvalue weighted by Gasteiger charge is 2.29. The lowest BCUT2D eigenvalue weighted by molar-refractivity contribution is -0.144. The van der Waals surface area contributed by atoms with Crippen LogP contribution in [0.3, 0.4) is 0 Å². The summed E-state index contributed by atoms with van der Waals surface area (Å²) in [7, 11) is 0. The standard InChI is InChI=1S/C15H24N2O4/c18-13(17-12-7-8-12)2-1-9-16-14(19)10-3-5-11(6-4-10)15(20)21/h10-12H,1-9H2,(H,16,19)(H,17,18)(H,20,21). The summed E-state index contributed by atoms with van der Waals surface area (Å²) in [4.78, 5) is 34.3. The highest BCUT2D eigenvalue weighted by Crippen LogP contribution is 2.28. The van der Waals surface area contributed by atoms with Gasteiger partial charge in [0.1, 0.15) is 0 Å². The molecule has 118 valence electrons. The summed E-state index contributed by atoms with van der Waals surface area (Å²) in [5.74, 6) is -1.05. The van der Waals surface area contributed by atoms with Crippen LogP contribution in [0.4, 0.5) is 0 Å². The molecular formula is C15H24N2O4. The van der Waals surface area contributed by atoms with Crippen molar-refractivity contribution in [1.82, 2.24) is 10.6 Å². The molecule has 6 nitrogen and oxygen atoms in total. The van der Waals surface area contributed by atoms with Gasteiger partial charge in [-0.15, -0.1) is 0 Å². The van der Waals surface area contributed by atoms with E-state index in [0.717, 1.165) is 12.8 Å². The van der Waals surface area contributed by atoms with Crippen LogP contribution >= 0.6 is 0 Å². The van der Waals surface area contributed by atoms with Crippen LogP contribution in [0.15, 0.2) is 0 Å². The maximum atomic E-state index is 11.9. The Kier molecular flexibility index (Phi) is 5.59. The van der Waals surface area contributed by atoms with Crippen molar-refractivity contribution in [3.05, 3.63) is 0 Å². The van der Waals surface area contributed by atoms with Crippen molar-refractivity contribution < 1.29 is 19.5 Å². The van der Waals surface area contributed by atoms with Crippen LogP contribution in [0, 0.1) is 11.8 Å². The number of carboxylic acid groups (broad SMARTS) is 1. The summed E-state index contributed by atoms with van der Waals surface area (Å²) in [5, 5.41) is 14.7. The minimum absolute atomic E-state index is 0.00133. The van der Waals surface area contributed by atoms with Gasteiger partial charge in [0.15, 0.2) is 0 Å². The largest absolute Gasteiger partial charge is 0.481 e. The van der Waals surface area contributed by atoms with Crippen molar-refractivity contribution in [2.45, 2.75) is 57.4 Å². The van der Waals surface area contributed by atoms with Crippen molar-refractivity contribution in [1.29, 1.82) is 0 Å². The fourth-order valence-corrected chi connectivity index (χ4v) is 2.73. The van der Waals surface area contributed by atoms with Crippen LogP contribution in [0.25, 0.3) is 0 Å². The normalized spacial score (nSPS) is 25.1. The highest BCUT2D eigenvalue weighted by atomic mass is 16.4. The van der Waals surface area contributed by atoms with Crippen LogP contribution in [-0.2, 0) is 14.4 Å². The lowest BCUT2D eigenvalue weighted by Crippen LogP contribution is -2.35. The summed E-state index contributed by atoms with van der Waals surface area (Å²) in [5.41, 5.74) is 0. The Bertz CT molecular complexity index is 398. The molecule has 0 saturated heterocycles. The number of amides is 2. The number of carbonyl (C=O) groups is 3. The predicted molar refractivity (Wildman–Crippen MR) is 76.5 cm³/mol. The first-order chi connectivity index (χ1) is 10.1. The van der Waals surface area contributed by atoms with Gasteiger partial charge in [-0.25, -0.2) is 0 Å². The zero-order chi connectivity index (χ0) is 15.2. The van der Waals surface area contributed by atoms with Gasteiger partial charge in [0.25, 0.3) is 0 Å². The van der Waals surface area contributed by atoms with E-state index < -0.39 is 5.97 Å². The highest BCUT2D eigenvalue weighted by molar-refractivity contribution is 5.79. The molecule has 0 aromatic heterocycles. The van der Waals surface area contributed by atoms with E-state index >= 15 is 0 Å². The number of carboxylic acids is 1. The molecule has 6 heteroatoms. The third-order valence-electron chi connectivity index (χ3n) is 4.27. The molecule has 3 N–H and O–H groups in total. The molecule has 2 saturated carbocycles. The topological polar surface area (TPSA) is 95.5 Å². The van der Waals surface area contributed by atoms with E-state index in [9.17, 15) is 14.4 Å². The van der Waals surface area contributed by atoms with Crippen LogP contribution in [-0.4, -0.2) is 35.5 Å². The molecule has 0 aromatic carbocycles. The van der Waals surface area contributed by atoms with Gasteiger partial charge in [-0.2, -0.15) is 0 Å². The fraction of sp³-hybridized carbons (Fsp3) is 0.800. The Morgan fingerprint density at radius 1 is 0.952 bits per heavy atom. The van der Waals surface area contributed by atoms with Gasteiger partial charge in [-0.1, -0.05) is 0 Å².